The lowest BCUT2D eigenvalue weighted by Gasteiger charge is -2.19. The number of nitrogens with two attached hydrogens (primary N) is 1. The van der Waals surface area contributed by atoms with E-state index in [0.29, 0.717) is 6.04 Å². The molecule has 2 N–H and O–H groups in total. The molecule has 0 aliphatic rings. The van der Waals surface area contributed by atoms with Crippen LogP contribution in [0.25, 0.3) is 0 Å². The first-order valence-electron chi connectivity index (χ1n) is 6.22. The highest BCUT2D eigenvalue weighted by Crippen LogP contribution is 2.07. The van der Waals surface area contributed by atoms with E-state index in [-0.39, 0.29) is 0 Å². The molecule has 3 nitrogen and oxygen atoms in total. The van der Waals surface area contributed by atoms with Crippen LogP contribution < -0.4 is 5.73 Å². The maximum absolute atomic E-state index is 5.72. The summed E-state index contributed by atoms with van der Waals surface area (Å²) < 4.78 is 5.35. The average Bonchev–Trinajstić information content (AvgIpc) is 2.75. The Labute approximate surface area is 98.6 Å². The second-order valence-corrected chi connectivity index (χ2v) is 4.42. The summed E-state index contributed by atoms with van der Waals surface area (Å²) in [6, 6.07) is 4.31. The van der Waals surface area contributed by atoms with Crippen molar-refractivity contribution in [3.63, 3.8) is 0 Å². The van der Waals surface area contributed by atoms with Crippen LogP contribution in [-0.4, -0.2) is 24.0 Å². The molecule has 0 bridgehead atoms. The Hall–Kier alpha value is -0.800. The van der Waals surface area contributed by atoms with Crippen LogP contribution in [0.2, 0.25) is 0 Å². The molecule has 1 aromatic rings. The molecule has 1 aromatic heterocycles. The molecule has 16 heavy (non-hydrogen) atoms. The predicted octanol–water partition coefficient (Wildman–Crippen LogP) is 2.62. The summed E-state index contributed by atoms with van der Waals surface area (Å²) in [6.45, 7) is 7.37. The third-order valence-corrected chi connectivity index (χ3v) is 2.79. The van der Waals surface area contributed by atoms with Crippen molar-refractivity contribution < 1.29 is 4.42 Å². The molecule has 0 aromatic carbocycles. The van der Waals surface area contributed by atoms with Crippen LogP contribution in [-0.2, 0) is 6.54 Å². The highest BCUT2D eigenvalue weighted by molar-refractivity contribution is 4.97. The summed E-state index contributed by atoms with van der Waals surface area (Å²) in [5, 5.41) is 0. The van der Waals surface area contributed by atoms with Gasteiger partial charge in [0, 0.05) is 6.04 Å². The third-order valence-electron chi connectivity index (χ3n) is 2.79. The highest BCUT2D eigenvalue weighted by atomic mass is 16.3. The first-order chi connectivity index (χ1) is 7.72. The summed E-state index contributed by atoms with van der Waals surface area (Å²) >= 11 is 0. The standard InChI is InChI=1S/C13H24N2O/c1-3-15(9-5-4-7-12(2)14)11-13-8-6-10-16-13/h6,8,10,12H,3-5,7,9,11,14H2,1-2H3. The monoisotopic (exact) mass is 224 g/mol. The van der Waals surface area contributed by atoms with Crippen molar-refractivity contribution in [3.8, 4) is 0 Å². The van der Waals surface area contributed by atoms with Crippen LogP contribution in [0, 0.1) is 0 Å². The van der Waals surface area contributed by atoms with E-state index in [2.05, 4.69) is 18.7 Å². The van der Waals surface area contributed by atoms with Crippen LogP contribution in [0.3, 0.4) is 0 Å². The Morgan fingerprint density at radius 3 is 2.81 bits per heavy atom. The normalized spacial score (nSPS) is 13.2. The Balaban J connectivity index is 2.17. The van der Waals surface area contributed by atoms with Gasteiger partial charge in [0.05, 0.1) is 12.8 Å². The van der Waals surface area contributed by atoms with Gasteiger partial charge >= 0.3 is 0 Å². The first-order valence-corrected chi connectivity index (χ1v) is 6.22. The minimum Gasteiger partial charge on any atom is -0.468 e. The van der Waals surface area contributed by atoms with Crippen molar-refractivity contribution in [1.82, 2.24) is 4.90 Å². The lowest BCUT2D eigenvalue weighted by atomic mass is 10.1. The number of rotatable bonds is 8. The van der Waals surface area contributed by atoms with Crippen molar-refractivity contribution in [3.05, 3.63) is 24.2 Å². The van der Waals surface area contributed by atoms with Gasteiger partial charge in [0.25, 0.3) is 0 Å². The molecule has 0 spiro atoms. The second kappa shape index (κ2) is 7.47. The van der Waals surface area contributed by atoms with Gasteiger partial charge in [-0.05, 0) is 45.0 Å². The molecule has 0 aliphatic carbocycles. The summed E-state index contributed by atoms with van der Waals surface area (Å²) in [5.41, 5.74) is 5.72. The van der Waals surface area contributed by atoms with Gasteiger partial charge in [0.2, 0.25) is 0 Å². The average molecular weight is 224 g/mol. The smallest absolute Gasteiger partial charge is 0.117 e. The summed E-state index contributed by atoms with van der Waals surface area (Å²) in [7, 11) is 0. The Morgan fingerprint density at radius 2 is 2.25 bits per heavy atom. The summed E-state index contributed by atoms with van der Waals surface area (Å²) in [5.74, 6) is 1.05. The van der Waals surface area contributed by atoms with Crippen LogP contribution in [0.1, 0.15) is 38.9 Å². The second-order valence-electron chi connectivity index (χ2n) is 4.42. The van der Waals surface area contributed by atoms with Crippen LogP contribution in [0.5, 0.6) is 0 Å². The van der Waals surface area contributed by atoms with Crippen molar-refractivity contribution >= 4 is 0 Å². The van der Waals surface area contributed by atoms with Gasteiger partial charge < -0.3 is 10.2 Å². The molecule has 1 unspecified atom stereocenters. The zero-order valence-electron chi connectivity index (χ0n) is 10.5. The van der Waals surface area contributed by atoms with Crippen molar-refractivity contribution in [1.29, 1.82) is 0 Å². The van der Waals surface area contributed by atoms with E-state index in [4.69, 9.17) is 10.2 Å². The lowest BCUT2D eigenvalue weighted by molar-refractivity contribution is 0.249. The van der Waals surface area contributed by atoms with E-state index < -0.39 is 0 Å². The fourth-order valence-corrected chi connectivity index (χ4v) is 1.77. The molecule has 1 rings (SSSR count). The fourth-order valence-electron chi connectivity index (χ4n) is 1.77. The first kappa shape index (κ1) is 13.3. The molecular weight excluding hydrogens is 200 g/mol. The number of furan rings is 1. The highest BCUT2D eigenvalue weighted by Gasteiger charge is 2.05. The molecule has 3 heteroatoms. The molecule has 0 saturated carbocycles. The van der Waals surface area contributed by atoms with Gasteiger partial charge in [0.15, 0.2) is 0 Å². The maximum Gasteiger partial charge on any atom is 0.117 e. The quantitative estimate of drug-likeness (QED) is 0.690. The van der Waals surface area contributed by atoms with Crippen LogP contribution in [0.4, 0.5) is 0 Å². The molecule has 1 heterocycles. The van der Waals surface area contributed by atoms with Gasteiger partial charge in [-0.15, -0.1) is 0 Å². The fraction of sp³-hybridized carbons (Fsp3) is 0.692. The topological polar surface area (TPSA) is 42.4 Å². The van der Waals surface area contributed by atoms with Gasteiger partial charge in [-0.2, -0.15) is 0 Å². The zero-order valence-corrected chi connectivity index (χ0v) is 10.5. The van der Waals surface area contributed by atoms with E-state index in [1.165, 1.54) is 12.8 Å². The van der Waals surface area contributed by atoms with E-state index in [1.807, 2.05) is 12.1 Å². The molecular formula is C13H24N2O. The Morgan fingerprint density at radius 1 is 1.44 bits per heavy atom. The molecule has 1 atom stereocenters. The van der Waals surface area contributed by atoms with E-state index in [9.17, 15) is 0 Å². The van der Waals surface area contributed by atoms with Crippen LogP contribution >= 0.6 is 0 Å². The molecule has 0 fully saturated rings. The van der Waals surface area contributed by atoms with E-state index in [1.54, 1.807) is 6.26 Å². The lowest BCUT2D eigenvalue weighted by Crippen LogP contribution is -2.24. The van der Waals surface area contributed by atoms with Gasteiger partial charge in [-0.25, -0.2) is 0 Å². The van der Waals surface area contributed by atoms with Gasteiger partial charge in [-0.1, -0.05) is 13.3 Å². The number of hydrogen-bond donors (Lipinski definition) is 1. The minimum absolute atomic E-state index is 0.333. The third kappa shape index (κ3) is 5.33. The van der Waals surface area contributed by atoms with Gasteiger partial charge in [-0.3, -0.25) is 4.90 Å². The number of unbranched alkanes of at least 4 members (excludes halogenated alkanes) is 1. The Bertz CT molecular complexity index is 257. The predicted molar refractivity (Wildman–Crippen MR) is 67.2 cm³/mol. The Kier molecular flexibility index (Phi) is 6.19. The van der Waals surface area contributed by atoms with Crippen molar-refractivity contribution in [2.75, 3.05) is 13.1 Å². The number of hydrogen-bond acceptors (Lipinski definition) is 3. The van der Waals surface area contributed by atoms with Gasteiger partial charge in [0.1, 0.15) is 5.76 Å². The SMILES string of the molecule is CCN(CCCCC(C)N)Cc1ccco1. The summed E-state index contributed by atoms with van der Waals surface area (Å²) in [6.07, 6.45) is 5.29. The molecule has 0 aliphatic heterocycles. The van der Waals surface area contributed by atoms with E-state index >= 15 is 0 Å². The summed E-state index contributed by atoms with van der Waals surface area (Å²) in [4.78, 5) is 2.40. The molecule has 0 radical (unpaired) electrons. The van der Waals surface area contributed by atoms with Crippen molar-refractivity contribution in [2.45, 2.75) is 45.7 Å². The zero-order chi connectivity index (χ0) is 11.8. The maximum atomic E-state index is 5.72. The van der Waals surface area contributed by atoms with Crippen LogP contribution in [0.15, 0.2) is 22.8 Å². The van der Waals surface area contributed by atoms with Crippen molar-refractivity contribution in [2.24, 2.45) is 5.73 Å². The van der Waals surface area contributed by atoms with E-state index in [0.717, 1.165) is 31.8 Å². The minimum atomic E-state index is 0.333. The largest absolute Gasteiger partial charge is 0.468 e. The molecule has 92 valence electrons. The molecule has 0 saturated heterocycles. The number of nitrogens with zero attached hydrogens (tertiary/aromatic N) is 1. The molecule has 0 amide bonds.